The molecule has 2 aromatic carbocycles. The number of alkyl carbamates (subject to hydrolysis) is 1. The van der Waals surface area contributed by atoms with E-state index in [1.165, 1.54) is 4.90 Å². The number of ether oxygens (including phenoxy) is 1. The topological polar surface area (TPSA) is 131 Å². The number of rotatable bonds is 11. The minimum Gasteiger partial charge on any atom is -0.444 e. The van der Waals surface area contributed by atoms with Crippen LogP contribution in [0.25, 0.3) is 0 Å². The average Bonchev–Trinajstić information content (AvgIpc) is 2.85. The Labute approximate surface area is 241 Å². The fourth-order valence-electron chi connectivity index (χ4n) is 4.26. The largest absolute Gasteiger partial charge is 0.444 e. The van der Waals surface area contributed by atoms with Crippen molar-refractivity contribution in [3.8, 4) is 0 Å². The zero-order chi connectivity index (χ0) is 30.2. The molecule has 0 saturated heterocycles. The van der Waals surface area contributed by atoms with Gasteiger partial charge in [-0.15, -0.1) is 0 Å². The van der Waals surface area contributed by atoms with E-state index in [1.54, 1.807) is 45.0 Å². The second kappa shape index (κ2) is 14.2. The van der Waals surface area contributed by atoms with Gasteiger partial charge in [-0.25, -0.2) is 4.79 Å². The average molecular weight is 573 g/mol. The summed E-state index contributed by atoms with van der Waals surface area (Å²) in [5.41, 5.74) is 7.19. The summed E-state index contributed by atoms with van der Waals surface area (Å²) < 4.78 is 5.38. The van der Waals surface area contributed by atoms with Gasteiger partial charge in [-0.05, 0) is 77.1 Å². The summed E-state index contributed by atoms with van der Waals surface area (Å²) in [6.45, 7) is 12.5. The van der Waals surface area contributed by atoms with E-state index in [0.29, 0.717) is 22.7 Å². The molecule has 0 aliphatic rings. The first kappa shape index (κ1) is 32.6. The van der Waals surface area contributed by atoms with Crippen LogP contribution in [0.15, 0.2) is 42.5 Å². The normalized spacial score (nSPS) is 13.5. The third kappa shape index (κ3) is 8.98. The Bertz CT molecular complexity index is 1210. The van der Waals surface area contributed by atoms with Crippen LogP contribution in [0.4, 0.5) is 10.5 Å². The number of hydrogen-bond donors (Lipinski definition) is 3. The number of primary amides is 1. The molecule has 10 heteroatoms. The predicted molar refractivity (Wildman–Crippen MR) is 157 cm³/mol. The molecule has 3 unspecified atom stereocenters. The Kier molecular flexibility index (Phi) is 11.5. The highest BCUT2D eigenvalue weighted by Gasteiger charge is 2.39. The van der Waals surface area contributed by atoms with Crippen molar-refractivity contribution in [1.29, 1.82) is 0 Å². The third-order valence-corrected chi connectivity index (χ3v) is 6.78. The molecule has 0 spiro atoms. The molecule has 4 N–H and O–H groups in total. The van der Waals surface area contributed by atoms with Gasteiger partial charge in [0.1, 0.15) is 17.7 Å². The van der Waals surface area contributed by atoms with E-state index in [9.17, 15) is 19.2 Å². The van der Waals surface area contributed by atoms with Crippen LogP contribution in [0.5, 0.6) is 0 Å². The van der Waals surface area contributed by atoms with Crippen molar-refractivity contribution in [3.63, 3.8) is 0 Å². The van der Waals surface area contributed by atoms with E-state index < -0.39 is 47.5 Å². The lowest BCUT2D eigenvalue weighted by atomic mass is 9.95. The lowest BCUT2D eigenvalue weighted by Crippen LogP contribution is -2.55. The van der Waals surface area contributed by atoms with Crippen LogP contribution in [0, 0.1) is 13.8 Å². The molecule has 0 heterocycles. The first-order valence-electron chi connectivity index (χ1n) is 13.4. The number of carbonyl (C=O) groups excluding carboxylic acids is 4. The summed E-state index contributed by atoms with van der Waals surface area (Å²) in [7, 11) is 0. The van der Waals surface area contributed by atoms with Crippen molar-refractivity contribution in [2.45, 2.75) is 91.5 Å². The standard InChI is InChI=1S/C30H41ClN4O5/c1-8-20(4)35(28(38)23(16-17-24(32)36)33-29(39)40-30(5,6)7)26(21-14-10-9-12-18(21)2)27(37)34-25-19(3)13-11-15-22(25)31/h9-15,20,23,26H,8,16-17H2,1-7H3,(H2,32,36)(H,33,39)(H,34,37). The number of nitrogens with two attached hydrogens (primary N) is 1. The number of nitrogens with zero attached hydrogens (tertiary/aromatic N) is 1. The molecule has 3 atom stereocenters. The molecule has 0 fully saturated rings. The maximum atomic E-state index is 14.3. The monoisotopic (exact) mass is 572 g/mol. The fourth-order valence-corrected chi connectivity index (χ4v) is 4.53. The molecular formula is C30H41ClN4O5. The van der Waals surface area contributed by atoms with E-state index in [0.717, 1.165) is 11.1 Å². The number of halogens is 1. The number of aryl methyl sites for hydroxylation is 2. The van der Waals surface area contributed by atoms with Crippen LogP contribution in [-0.2, 0) is 19.1 Å². The van der Waals surface area contributed by atoms with Gasteiger partial charge >= 0.3 is 6.09 Å². The maximum Gasteiger partial charge on any atom is 0.408 e. The van der Waals surface area contributed by atoms with Crippen LogP contribution in [-0.4, -0.2) is 46.4 Å². The van der Waals surface area contributed by atoms with Crippen molar-refractivity contribution in [2.75, 3.05) is 5.32 Å². The van der Waals surface area contributed by atoms with Crippen molar-refractivity contribution in [2.24, 2.45) is 5.73 Å². The summed E-state index contributed by atoms with van der Waals surface area (Å²) in [6, 6.07) is 9.92. The van der Waals surface area contributed by atoms with Gasteiger partial charge in [0, 0.05) is 12.5 Å². The second-order valence-electron chi connectivity index (χ2n) is 10.9. The van der Waals surface area contributed by atoms with Gasteiger partial charge in [-0.1, -0.05) is 54.9 Å². The fraction of sp³-hybridized carbons (Fsp3) is 0.467. The van der Waals surface area contributed by atoms with Crippen LogP contribution in [0.3, 0.4) is 0 Å². The summed E-state index contributed by atoms with van der Waals surface area (Å²) >= 11 is 6.42. The van der Waals surface area contributed by atoms with Crippen molar-refractivity contribution < 1.29 is 23.9 Å². The molecule has 40 heavy (non-hydrogen) atoms. The Hall–Kier alpha value is -3.59. The Morgan fingerprint density at radius 1 is 1.02 bits per heavy atom. The molecule has 218 valence electrons. The Balaban J connectivity index is 2.63. The Morgan fingerprint density at radius 3 is 2.20 bits per heavy atom. The molecule has 9 nitrogen and oxygen atoms in total. The summed E-state index contributed by atoms with van der Waals surface area (Å²) in [4.78, 5) is 54.2. The van der Waals surface area contributed by atoms with E-state index >= 15 is 0 Å². The quantitative estimate of drug-likeness (QED) is 0.331. The molecule has 0 saturated carbocycles. The van der Waals surface area contributed by atoms with Crippen LogP contribution in [0.2, 0.25) is 5.02 Å². The van der Waals surface area contributed by atoms with Gasteiger partial charge in [-0.2, -0.15) is 0 Å². The first-order chi connectivity index (χ1) is 18.7. The zero-order valence-corrected chi connectivity index (χ0v) is 25.1. The number of nitrogens with one attached hydrogen (secondary N) is 2. The minimum absolute atomic E-state index is 0.0634. The lowest BCUT2D eigenvalue weighted by Gasteiger charge is -2.38. The predicted octanol–water partition coefficient (Wildman–Crippen LogP) is 5.42. The van der Waals surface area contributed by atoms with Gasteiger partial charge in [0.2, 0.25) is 11.8 Å². The van der Waals surface area contributed by atoms with E-state index in [2.05, 4.69) is 10.6 Å². The highest BCUT2D eigenvalue weighted by molar-refractivity contribution is 6.34. The second-order valence-corrected chi connectivity index (χ2v) is 11.3. The molecule has 0 bridgehead atoms. The molecule has 0 aliphatic carbocycles. The smallest absolute Gasteiger partial charge is 0.408 e. The van der Waals surface area contributed by atoms with Gasteiger partial charge in [-0.3, -0.25) is 14.4 Å². The van der Waals surface area contributed by atoms with Crippen molar-refractivity contribution in [1.82, 2.24) is 10.2 Å². The van der Waals surface area contributed by atoms with Gasteiger partial charge in [0.15, 0.2) is 0 Å². The van der Waals surface area contributed by atoms with Crippen LogP contribution >= 0.6 is 11.6 Å². The van der Waals surface area contributed by atoms with Crippen molar-refractivity contribution in [3.05, 3.63) is 64.2 Å². The minimum atomic E-state index is -1.17. The third-order valence-electron chi connectivity index (χ3n) is 6.47. The van der Waals surface area contributed by atoms with Crippen LogP contribution in [0.1, 0.15) is 76.6 Å². The van der Waals surface area contributed by atoms with Crippen molar-refractivity contribution >= 4 is 41.1 Å². The zero-order valence-electron chi connectivity index (χ0n) is 24.3. The molecule has 0 aromatic heterocycles. The van der Waals surface area contributed by atoms with Gasteiger partial charge in [0.25, 0.3) is 5.91 Å². The highest BCUT2D eigenvalue weighted by atomic mass is 35.5. The van der Waals surface area contributed by atoms with E-state index in [1.807, 2.05) is 45.9 Å². The highest BCUT2D eigenvalue weighted by Crippen LogP contribution is 2.32. The number of hydrogen-bond acceptors (Lipinski definition) is 5. The maximum absolute atomic E-state index is 14.3. The SMILES string of the molecule is CCC(C)N(C(=O)C(CCC(N)=O)NC(=O)OC(C)(C)C)C(C(=O)Nc1c(C)cccc1Cl)c1ccccc1C. The van der Waals surface area contributed by atoms with Gasteiger partial charge < -0.3 is 26.0 Å². The molecule has 4 amide bonds. The van der Waals surface area contributed by atoms with Gasteiger partial charge in [0.05, 0.1) is 10.7 Å². The number of anilines is 1. The lowest BCUT2D eigenvalue weighted by molar-refractivity contribution is -0.143. The Morgan fingerprint density at radius 2 is 1.65 bits per heavy atom. The van der Waals surface area contributed by atoms with Crippen LogP contribution < -0.4 is 16.4 Å². The molecule has 2 aromatic rings. The number of carbonyl (C=O) groups is 4. The summed E-state index contributed by atoms with van der Waals surface area (Å²) in [6.07, 6.45) is -0.517. The summed E-state index contributed by atoms with van der Waals surface area (Å²) in [5.74, 6) is -1.63. The number of amides is 4. The number of benzene rings is 2. The molecule has 0 aliphatic heterocycles. The number of para-hydroxylation sites is 1. The molecule has 0 radical (unpaired) electrons. The summed E-state index contributed by atoms with van der Waals surface area (Å²) in [5, 5.41) is 5.90. The first-order valence-corrected chi connectivity index (χ1v) is 13.8. The van der Waals surface area contributed by atoms with E-state index in [4.69, 9.17) is 22.1 Å². The van der Waals surface area contributed by atoms with E-state index in [-0.39, 0.29) is 12.8 Å². The molecular weight excluding hydrogens is 532 g/mol. The molecule has 2 rings (SSSR count).